The van der Waals surface area contributed by atoms with Crippen LogP contribution in [0.4, 0.5) is 5.69 Å². The van der Waals surface area contributed by atoms with E-state index < -0.39 is 7.12 Å². The van der Waals surface area contributed by atoms with Crippen LogP contribution in [0.1, 0.15) is 5.56 Å². The van der Waals surface area contributed by atoms with Crippen LogP contribution in [0.15, 0.2) is 18.2 Å². The van der Waals surface area contributed by atoms with Gasteiger partial charge in [-0.3, -0.25) is 0 Å². The zero-order chi connectivity index (χ0) is 10.3. The first-order valence-corrected chi connectivity index (χ1v) is 5.06. The van der Waals surface area contributed by atoms with Gasteiger partial charge in [0.15, 0.2) is 0 Å². The van der Waals surface area contributed by atoms with E-state index >= 15 is 0 Å². The summed E-state index contributed by atoms with van der Waals surface area (Å²) in [6.45, 7) is 1.99. The summed E-state index contributed by atoms with van der Waals surface area (Å²) < 4.78 is 1.41. The lowest BCUT2D eigenvalue weighted by atomic mass is 9.88. The molecule has 0 spiro atoms. The largest absolute Gasteiger partial charge is 0.501 e. The molecule has 0 bridgehead atoms. The molecular formula is C9H10BNO2S. The fourth-order valence-corrected chi connectivity index (χ4v) is 2.53. The SMILES string of the molecule is Cc1ccc2c(N)c(B(O)O)sc2c1. The van der Waals surface area contributed by atoms with Crippen molar-refractivity contribution in [3.05, 3.63) is 23.8 Å². The van der Waals surface area contributed by atoms with Crippen molar-refractivity contribution in [3.63, 3.8) is 0 Å². The lowest BCUT2D eigenvalue weighted by Gasteiger charge is -1.95. The Morgan fingerprint density at radius 1 is 1.36 bits per heavy atom. The predicted molar refractivity (Wildman–Crippen MR) is 60.8 cm³/mol. The first-order valence-electron chi connectivity index (χ1n) is 4.24. The molecule has 14 heavy (non-hydrogen) atoms. The van der Waals surface area contributed by atoms with Crippen LogP contribution >= 0.6 is 11.3 Å². The van der Waals surface area contributed by atoms with Gasteiger partial charge in [-0.2, -0.15) is 0 Å². The van der Waals surface area contributed by atoms with Crippen LogP contribution in [0.3, 0.4) is 0 Å². The first kappa shape index (κ1) is 9.52. The molecule has 0 fully saturated rings. The van der Waals surface area contributed by atoms with E-state index in [-0.39, 0.29) is 0 Å². The molecule has 3 nitrogen and oxygen atoms in total. The topological polar surface area (TPSA) is 66.5 Å². The van der Waals surface area contributed by atoms with Gasteiger partial charge in [-0.1, -0.05) is 12.1 Å². The molecule has 2 rings (SSSR count). The molecule has 0 saturated heterocycles. The molecule has 0 atom stereocenters. The summed E-state index contributed by atoms with van der Waals surface area (Å²) in [6.07, 6.45) is 0. The van der Waals surface area contributed by atoms with E-state index in [0.717, 1.165) is 15.6 Å². The van der Waals surface area contributed by atoms with E-state index in [2.05, 4.69) is 0 Å². The molecule has 0 radical (unpaired) electrons. The highest BCUT2D eigenvalue weighted by molar-refractivity contribution is 7.28. The van der Waals surface area contributed by atoms with Crippen molar-refractivity contribution in [3.8, 4) is 0 Å². The molecular weight excluding hydrogens is 197 g/mol. The summed E-state index contributed by atoms with van der Waals surface area (Å²) in [5.74, 6) is 0. The van der Waals surface area contributed by atoms with Crippen molar-refractivity contribution < 1.29 is 10.0 Å². The second-order valence-corrected chi connectivity index (χ2v) is 4.34. The summed E-state index contributed by atoms with van der Waals surface area (Å²) in [4.78, 5) is 0. The summed E-state index contributed by atoms with van der Waals surface area (Å²) in [5.41, 5.74) is 7.39. The third-order valence-corrected chi connectivity index (χ3v) is 3.36. The molecule has 1 heterocycles. The summed E-state index contributed by atoms with van der Waals surface area (Å²) in [5, 5.41) is 19.0. The van der Waals surface area contributed by atoms with Gasteiger partial charge in [0.05, 0.1) is 4.78 Å². The first-order chi connectivity index (χ1) is 6.59. The van der Waals surface area contributed by atoms with Crippen LogP contribution in [0.5, 0.6) is 0 Å². The van der Waals surface area contributed by atoms with Crippen LogP contribution in [0.25, 0.3) is 10.1 Å². The molecule has 1 aromatic heterocycles. The Morgan fingerprint density at radius 3 is 2.71 bits per heavy atom. The summed E-state index contributed by atoms with van der Waals surface area (Å²) in [6, 6.07) is 5.85. The van der Waals surface area contributed by atoms with Crippen molar-refractivity contribution in [1.82, 2.24) is 0 Å². The van der Waals surface area contributed by atoms with Gasteiger partial charge in [0.25, 0.3) is 0 Å². The van der Waals surface area contributed by atoms with Crippen molar-refractivity contribution >= 4 is 39.0 Å². The van der Waals surface area contributed by atoms with Gasteiger partial charge in [0, 0.05) is 15.8 Å². The molecule has 72 valence electrons. The number of fused-ring (bicyclic) bond motifs is 1. The van der Waals surface area contributed by atoms with E-state index in [9.17, 15) is 0 Å². The van der Waals surface area contributed by atoms with Crippen LogP contribution < -0.4 is 10.5 Å². The number of nitrogens with two attached hydrogens (primary N) is 1. The molecule has 0 unspecified atom stereocenters. The molecule has 2 aromatic rings. The van der Waals surface area contributed by atoms with Gasteiger partial charge < -0.3 is 15.8 Å². The maximum Gasteiger partial charge on any atom is 0.501 e. The molecule has 4 N–H and O–H groups in total. The molecule has 1 aromatic carbocycles. The zero-order valence-electron chi connectivity index (χ0n) is 7.69. The number of thiophene rings is 1. The predicted octanol–water partition coefficient (Wildman–Crippen LogP) is 0.472. The Hall–Kier alpha value is -1.04. The Kier molecular flexibility index (Phi) is 2.22. The highest BCUT2D eigenvalue weighted by Gasteiger charge is 2.19. The van der Waals surface area contributed by atoms with Gasteiger partial charge >= 0.3 is 7.12 Å². The minimum absolute atomic E-state index is 0.422. The monoisotopic (exact) mass is 207 g/mol. The Morgan fingerprint density at radius 2 is 2.07 bits per heavy atom. The standard InChI is InChI=1S/C9H10BNO2S/c1-5-2-3-6-7(4-5)14-9(8(6)11)10(12)13/h2-4,12-13H,11H2,1H3. The van der Waals surface area contributed by atoms with Crippen molar-refractivity contribution in [2.45, 2.75) is 6.92 Å². The smallest absolute Gasteiger partial charge is 0.423 e. The van der Waals surface area contributed by atoms with Gasteiger partial charge in [0.2, 0.25) is 0 Å². The van der Waals surface area contributed by atoms with Crippen LogP contribution in [0.2, 0.25) is 0 Å². The highest BCUT2D eigenvalue weighted by Crippen LogP contribution is 2.26. The second kappa shape index (κ2) is 3.27. The van der Waals surface area contributed by atoms with Crippen molar-refractivity contribution in [2.75, 3.05) is 5.73 Å². The number of rotatable bonds is 1. The van der Waals surface area contributed by atoms with E-state index in [1.54, 1.807) is 0 Å². The molecule has 5 heteroatoms. The number of benzene rings is 1. The number of hydrogen-bond donors (Lipinski definition) is 3. The molecule has 0 aliphatic carbocycles. The second-order valence-electron chi connectivity index (χ2n) is 3.25. The average molecular weight is 207 g/mol. The van der Waals surface area contributed by atoms with Crippen molar-refractivity contribution in [2.24, 2.45) is 0 Å². The minimum atomic E-state index is -1.48. The number of nitrogen functional groups attached to an aromatic ring is 1. The lowest BCUT2D eigenvalue weighted by molar-refractivity contribution is 0.427. The van der Waals surface area contributed by atoms with E-state index in [0.29, 0.717) is 10.5 Å². The number of hydrogen-bond acceptors (Lipinski definition) is 4. The van der Waals surface area contributed by atoms with Gasteiger partial charge in [0.1, 0.15) is 0 Å². The van der Waals surface area contributed by atoms with E-state index in [4.69, 9.17) is 15.8 Å². The van der Waals surface area contributed by atoms with E-state index in [1.165, 1.54) is 11.3 Å². The van der Waals surface area contributed by atoms with E-state index in [1.807, 2.05) is 25.1 Å². The number of anilines is 1. The summed E-state index contributed by atoms with van der Waals surface area (Å²) in [7, 11) is -1.48. The van der Waals surface area contributed by atoms with Gasteiger partial charge in [-0.15, -0.1) is 11.3 Å². The zero-order valence-corrected chi connectivity index (χ0v) is 8.51. The fourth-order valence-electron chi connectivity index (χ4n) is 1.43. The van der Waals surface area contributed by atoms with Gasteiger partial charge in [-0.05, 0) is 18.6 Å². The van der Waals surface area contributed by atoms with Gasteiger partial charge in [-0.25, -0.2) is 0 Å². The average Bonchev–Trinajstić information content (AvgIpc) is 2.43. The third kappa shape index (κ3) is 1.39. The Labute approximate surface area is 85.9 Å². The Bertz CT molecular complexity index is 481. The van der Waals surface area contributed by atoms with Crippen LogP contribution in [0, 0.1) is 6.92 Å². The van der Waals surface area contributed by atoms with Crippen molar-refractivity contribution in [1.29, 1.82) is 0 Å². The molecule has 0 aliphatic rings. The minimum Gasteiger partial charge on any atom is -0.423 e. The maximum absolute atomic E-state index is 9.06. The third-order valence-electron chi connectivity index (χ3n) is 2.15. The molecule has 0 aliphatic heterocycles. The number of aryl methyl sites for hydroxylation is 1. The summed E-state index contributed by atoms with van der Waals surface area (Å²) >= 11 is 1.32. The molecule has 0 amide bonds. The normalized spacial score (nSPS) is 10.8. The Balaban J connectivity index is 2.73. The quantitative estimate of drug-likeness (QED) is 0.595. The fraction of sp³-hybridized carbons (Fsp3) is 0.111. The molecule has 0 saturated carbocycles. The highest BCUT2D eigenvalue weighted by atomic mass is 32.1. The van der Waals surface area contributed by atoms with Crippen LogP contribution in [-0.4, -0.2) is 17.2 Å². The van der Waals surface area contributed by atoms with Crippen LogP contribution in [-0.2, 0) is 0 Å². The lowest BCUT2D eigenvalue weighted by Crippen LogP contribution is -2.28. The maximum atomic E-state index is 9.06.